The molecule has 1 heterocycles. The largest absolute Gasteiger partial charge is 0.453 e. The molecule has 4 aromatic rings. The maximum absolute atomic E-state index is 12.5. The molecule has 0 bridgehead atoms. The third-order valence-electron chi connectivity index (χ3n) is 4.69. The van der Waals surface area contributed by atoms with Crippen molar-refractivity contribution in [2.24, 2.45) is 0 Å². The zero-order valence-electron chi connectivity index (χ0n) is 16.4. The second-order valence-corrected chi connectivity index (χ2v) is 8.04. The number of furan rings is 1. The Labute approximate surface area is 196 Å². The van der Waals surface area contributed by atoms with Crippen LogP contribution in [0, 0.1) is 0 Å². The Kier molecular flexibility index (Phi) is 6.39. The minimum Gasteiger partial charge on any atom is -0.453 e. The van der Waals surface area contributed by atoms with Crippen molar-refractivity contribution in [2.75, 3.05) is 11.9 Å². The molecule has 0 atom stereocenters. The van der Waals surface area contributed by atoms with E-state index in [-0.39, 0.29) is 16.3 Å². The fourth-order valence-electron chi connectivity index (χ4n) is 3.17. The lowest BCUT2D eigenvalue weighted by atomic mass is 10.1. The first-order valence-electron chi connectivity index (χ1n) is 9.45. The molecule has 1 amide bonds. The third kappa shape index (κ3) is 4.59. The van der Waals surface area contributed by atoms with Crippen LogP contribution >= 0.6 is 27.5 Å². The molecule has 0 aliphatic carbocycles. The van der Waals surface area contributed by atoms with Crippen LogP contribution in [-0.4, -0.2) is 24.8 Å². The Morgan fingerprint density at radius 3 is 2.56 bits per heavy atom. The van der Waals surface area contributed by atoms with Crippen molar-refractivity contribution in [1.82, 2.24) is 0 Å². The highest BCUT2D eigenvalue weighted by Crippen LogP contribution is 2.30. The minimum atomic E-state index is -0.755. The molecule has 0 saturated heterocycles. The lowest BCUT2D eigenvalue weighted by Gasteiger charge is -2.11. The Hall–Kier alpha value is -3.42. The molecule has 8 heteroatoms. The van der Waals surface area contributed by atoms with Gasteiger partial charge in [-0.25, -0.2) is 4.79 Å². The standard InChI is InChI=1S/C24H15BrClNO5/c25-19-7-9-21(17-4-2-1-3-16(17)19)27-23(29)13-31-24(30)18-11-14(5-8-20(18)26)22-10-6-15(12-28)32-22/h1-12H,13H2,(H,27,29). The Morgan fingerprint density at radius 2 is 1.81 bits per heavy atom. The van der Waals surface area contributed by atoms with Crippen molar-refractivity contribution in [3.63, 3.8) is 0 Å². The Bertz CT molecular complexity index is 1350. The summed E-state index contributed by atoms with van der Waals surface area (Å²) in [5, 5.41) is 4.73. The normalized spacial score (nSPS) is 10.7. The summed E-state index contributed by atoms with van der Waals surface area (Å²) < 4.78 is 11.4. The summed E-state index contributed by atoms with van der Waals surface area (Å²) in [6, 6.07) is 19.0. The first-order valence-corrected chi connectivity index (χ1v) is 10.6. The van der Waals surface area contributed by atoms with Crippen LogP contribution in [0.2, 0.25) is 5.02 Å². The molecule has 0 unspecified atom stereocenters. The van der Waals surface area contributed by atoms with Crippen molar-refractivity contribution in [2.45, 2.75) is 0 Å². The van der Waals surface area contributed by atoms with Gasteiger partial charge in [-0.1, -0.05) is 51.8 Å². The molecular weight excluding hydrogens is 498 g/mol. The van der Waals surface area contributed by atoms with Gasteiger partial charge in [0.15, 0.2) is 18.7 Å². The molecule has 160 valence electrons. The van der Waals surface area contributed by atoms with E-state index in [0.29, 0.717) is 23.3 Å². The SMILES string of the molecule is O=Cc1ccc(-c2ccc(Cl)c(C(=O)OCC(=O)Nc3ccc(Br)c4ccccc34)c2)o1. The summed E-state index contributed by atoms with van der Waals surface area (Å²) in [6.45, 7) is -0.486. The van der Waals surface area contributed by atoms with E-state index in [1.165, 1.54) is 18.2 Å². The van der Waals surface area contributed by atoms with Crippen LogP contribution in [0.3, 0.4) is 0 Å². The lowest BCUT2D eigenvalue weighted by Crippen LogP contribution is -2.21. The van der Waals surface area contributed by atoms with Gasteiger partial charge in [-0.2, -0.15) is 0 Å². The number of halogens is 2. The van der Waals surface area contributed by atoms with Gasteiger partial charge in [0, 0.05) is 21.1 Å². The number of aldehydes is 1. The van der Waals surface area contributed by atoms with E-state index in [9.17, 15) is 14.4 Å². The predicted molar refractivity (Wildman–Crippen MR) is 125 cm³/mol. The van der Waals surface area contributed by atoms with Gasteiger partial charge in [0.1, 0.15) is 5.76 Å². The monoisotopic (exact) mass is 511 g/mol. The van der Waals surface area contributed by atoms with Crippen LogP contribution in [0.1, 0.15) is 20.9 Å². The Balaban J connectivity index is 1.46. The number of hydrogen-bond acceptors (Lipinski definition) is 5. The number of hydrogen-bond donors (Lipinski definition) is 1. The second-order valence-electron chi connectivity index (χ2n) is 6.78. The zero-order valence-corrected chi connectivity index (χ0v) is 18.8. The number of rotatable bonds is 6. The second kappa shape index (κ2) is 9.38. The number of esters is 1. The third-order valence-corrected chi connectivity index (χ3v) is 5.71. The summed E-state index contributed by atoms with van der Waals surface area (Å²) in [4.78, 5) is 35.8. The summed E-state index contributed by atoms with van der Waals surface area (Å²) in [5.74, 6) is -0.677. The number of amides is 1. The number of carbonyl (C=O) groups excluding carboxylic acids is 3. The van der Waals surface area contributed by atoms with Crippen LogP contribution in [0.5, 0.6) is 0 Å². The molecule has 0 radical (unpaired) electrons. The van der Waals surface area contributed by atoms with E-state index in [4.69, 9.17) is 20.8 Å². The fraction of sp³-hybridized carbons (Fsp3) is 0.0417. The van der Waals surface area contributed by atoms with Gasteiger partial charge in [-0.05, 0) is 47.9 Å². The highest BCUT2D eigenvalue weighted by molar-refractivity contribution is 9.10. The van der Waals surface area contributed by atoms with Crippen LogP contribution in [0.25, 0.3) is 22.1 Å². The van der Waals surface area contributed by atoms with Crippen molar-refractivity contribution in [3.05, 3.63) is 87.5 Å². The molecular formula is C24H15BrClNO5. The van der Waals surface area contributed by atoms with Gasteiger partial charge in [0.05, 0.1) is 10.6 Å². The predicted octanol–water partition coefficient (Wildman–Crippen LogP) is 6.12. The quantitative estimate of drug-likeness (QED) is 0.248. The molecule has 1 N–H and O–H groups in total. The van der Waals surface area contributed by atoms with Crippen molar-refractivity contribution in [1.29, 1.82) is 0 Å². The maximum Gasteiger partial charge on any atom is 0.340 e. The minimum absolute atomic E-state index is 0.0788. The van der Waals surface area contributed by atoms with Gasteiger partial charge in [-0.3, -0.25) is 9.59 Å². The van der Waals surface area contributed by atoms with Crippen LogP contribution in [0.15, 0.2) is 75.6 Å². The molecule has 0 aliphatic heterocycles. The summed E-state index contributed by atoms with van der Waals surface area (Å²) in [6.07, 6.45) is 0.585. The number of anilines is 1. The number of nitrogens with one attached hydrogen (secondary N) is 1. The van der Waals surface area contributed by atoms with Gasteiger partial charge in [0.25, 0.3) is 5.91 Å². The number of carbonyl (C=O) groups is 3. The smallest absolute Gasteiger partial charge is 0.340 e. The van der Waals surface area contributed by atoms with Crippen LogP contribution in [0.4, 0.5) is 5.69 Å². The van der Waals surface area contributed by atoms with E-state index >= 15 is 0 Å². The van der Waals surface area contributed by atoms with E-state index in [2.05, 4.69) is 21.2 Å². The molecule has 3 aromatic carbocycles. The number of benzene rings is 3. The topological polar surface area (TPSA) is 85.6 Å². The molecule has 6 nitrogen and oxygen atoms in total. The van der Waals surface area contributed by atoms with Crippen molar-refractivity contribution in [3.8, 4) is 11.3 Å². The zero-order chi connectivity index (χ0) is 22.7. The molecule has 0 saturated carbocycles. The van der Waals surface area contributed by atoms with Crippen molar-refractivity contribution >= 4 is 62.2 Å². The van der Waals surface area contributed by atoms with Gasteiger partial charge in [0.2, 0.25) is 0 Å². The van der Waals surface area contributed by atoms with Gasteiger partial charge < -0.3 is 14.5 Å². The first-order chi connectivity index (χ1) is 15.5. The molecule has 0 spiro atoms. The van der Waals surface area contributed by atoms with Crippen LogP contribution in [-0.2, 0) is 9.53 Å². The van der Waals surface area contributed by atoms with E-state index in [1.54, 1.807) is 18.2 Å². The van der Waals surface area contributed by atoms with E-state index in [1.807, 2.05) is 30.3 Å². The summed E-state index contributed by atoms with van der Waals surface area (Å²) in [5.41, 5.74) is 1.23. The molecule has 4 rings (SSSR count). The van der Waals surface area contributed by atoms with Crippen molar-refractivity contribution < 1.29 is 23.5 Å². The first kappa shape index (κ1) is 21.8. The number of fused-ring (bicyclic) bond motifs is 1. The summed E-state index contributed by atoms with van der Waals surface area (Å²) >= 11 is 9.63. The van der Waals surface area contributed by atoms with Gasteiger partial charge >= 0.3 is 5.97 Å². The highest BCUT2D eigenvalue weighted by atomic mass is 79.9. The average molecular weight is 513 g/mol. The molecule has 1 aromatic heterocycles. The highest BCUT2D eigenvalue weighted by Gasteiger charge is 2.17. The average Bonchev–Trinajstić information content (AvgIpc) is 3.29. The maximum atomic E-state index is 12.5. The Morgan fingerprint density at radius 1 is 1.03 bits per heavy atom. The van der Waals surface area contributed by atoms with Gasteiger partial charge in [-0.15, -0.1) is 0 Å². The number of ether oxygens (including phenoxy) is 1. The van der Waals surface area contributed by atoms with E-state index in [0.717, 1.165) is 15.2 Å². The molecule has 32 heavy (non-hydrogen) atoms. The van der Waals surface area contributed by atoms with Crippen LogP contribution < -0.4 is 5.32 Å². The van der Waals surface area contributed by atoms with E-state index < -0.39 is 18.5 Å². The lowest BCUT2D eigenvalue weighted by molar-refractivity contribution is -0.119. The molecule has 0 aliphatic rings. The fourth-order valence-corrected chi connectivity index (χ4v) is 3.85. The molecule has 0 fully saturated rings. The summed E-state index contributed by atoms with van der Waals surface area (Å²) in [7, 11) is 0.